The highest BCUT2D eigenvalue weighted by atomic mass is 79.9. The molecule has 0 saturated heterocycles. The first-order valence-electron chi connectivity index (χ1n) is 4.95. The molecule has 0 aliphatic heterocycles. The maximum Gasteiger partial charge on any atom is 0.217 e. The fourth-order valence-corrected chi connectivity index (χ4v) is 2.47. The van der Waals surface area contributed by atoms with Crippen LogP contribution in [0.5, 0.6) is 0 Å². The first kappa shape index (κ1) is 10.1. The van der Waals surface area contributed by atoms with Gasteiger partial charge in [-0.05, 0) is 24.8 Å². The van der Waals surface area contributed by atoms with Crippen LogP contribution in [0.1, 0.15) is 49.8 Å². The molecule has 0 spiro atoms. The number of pyridine rings is 1. The van der Waals surface area contributed by atoms with Crippen LogP contribution in [0.15, 0.2) is 10.5 Å². The van der Waals surface area contributed by atoms with Gasteiger partial charge in [0.2, 0.25) is 5.95 Å². The number of hydrogen-bond donors (Lipinski definition) is 0. The summed E-state index contributed by atoms with van der Waals surface area (Å²) >= 11 is 3.41. The summed E-state index contributed by atoms with van der Waals surface area (Å²) in [7, 11) is 0. The molecule has 0 atom stereocenters. The van der Waals surface area contributed by atoms with E-state index in [0.29, 0.717) is 11.5 Å². The normalized spacial score (nSPS) is 16.4. The van der Waals surface area contributed by atoms with Crippen molar-refractivity contribution in [3.05, 3.63) is 27.7 Å². The molecule has 0 bridgehead atoms. The lowest BCUT2D eigenvalue weighted by molar-refractivity contribution is 0.548. The Kier molecular flexibility index (Phi) is 2.60. The van der Waals surface area contributed by atoms with Gasteiger partial charge >= 0.3 is 0 Å². The van der Waals surface area contributed by atoms with Crippen molar-refractivity contribution in [2.45, 2.75) is 38.5 Å². The molecule has 1 heterocycles. The van der Waals surface area contributed by atoms with E-state index >= 15 is 0 Å². The highest BCUT2D eigenvalue weighted by Gasteiger charge is 2.27. The van der Waals surface area contributed by atoms with Crippen molar-refractivity contribution in [3.63, 3.8) is 0 Å². The van der Waals surface area contributed by atoms with Crippen LogP contribution in [-0.4, -0.2) is 4.98 Å². The molecule has 76 valence electrons. The fourth-order valence-electron chi connectivity index (χ4n) is 1.61. The van der Waals surface area contributed by atoms with E-state index in [0.717, 1.165) is 23.0 Å². The highest BCUT2D eigenvalue weighted by molar-refractivity contribution is 9.10. The molecular weight excluding hydrogens is 245 g/mol. The van der Waals surface area contributed by atoms with E-state index in [1.807, 2.05) is 19.9 Å². The highest BCUT2D eigenvalue weighted by Crippen LogP contribution is 2.41. The second-order valence-electron chi connectivity index (χ2n) is 4.16. The van der Waals surface area contributed by atoms with Crippen molar-refractivity contribution < 1.29 is 4.39 Å². The van der Waals surface area contributed by atoms with Gasteiger partial charge in [-0.25, -0.2) is 4.98 Å². The van der Waals surface area contributed by atoms with Crippen LogP contribution in [0.4, 0.5) is 4.39 Å². The lowest BCUT2D eigenvalue weighted by atomic mass is 10.0. The Morgan fingerprint density at radius 3 is 2.57 bits per heavy atom. The van der Waals surface area contributed by atoms with Crippen molar-refractivity contribution in [1.29, 1.82) is 0 Å². The lowest BCUT2D eigenvalue weighted by Gasteiger charge is -2.10. The van der Waals surface area contributed by atoms with E-state index in [2.05, 4.69) is 20.9 Å². The van der Waals surface area contributed by atoms with Crippen molar-refractivity contribution in [2.75, 3.05) is 0 Å². The van der Waals surface area contributed by atoms with Gasteiger partial charge in [-0.1, -0.05) is 29.8 Å². The zero-order chi connectivity index (χ0) is 10.3. The zero-order valence-electron chi connectivity index (χ0n) is 8.35. The van der Waals surface area contributed by atoms with Crippen LogP contribution in [0, 0.1) is 5.95 Å². The molecule has 1 aliphatic carbocycles. The smallest absolute Gasteiger partial charge is 0.217 e. The summed E-state index contributed by atoms with van der Waals surface area (Å²) in [6.07, 6.45) is 2.31. The largest absolute Gasteiger partial charge is 0.224 e. The Bertz CT molecular complexity index is 335. The Hall–Kier alpha value is -0.440. The fraction of sp³-hybridized carbons (Fsp3) is 0.545. The molecule has 2 rings (SSSR count). The van der Waals surface area contributed by atoms with Gasteiger partial charge in [0.1, 0.15) is 0 Å². The predicted octanol–water partition coefficient (Wildman–Crippen LogP) is 3.98. The van der Waals surface area contributed by atoms with E-state index < -0.39 is 0 Å². The van der Waals surface area contributed by atoms with Crippen LogP contribution in [0.3, 0.4) is 0 Å². The molecule has 1 aliphatic rings. The van der Waals surface area contributed by atoms with Crippen LogP contribution >= 0.6 is 15.9 Å². The number of halogens is 2. The quantitative estimate of drug-likeness (QED) is 0.731. The summed E-state index contributed by atoms with van der Waals surface area (Å²) in [5.74, 6) is 0.364. The molecule has 1 saturated carbocycles. The van der Waals surface area contributed by atoms with Crippen LogP contribution in [-0.2, 0) is 0 Å². The number of aromatic nitrogens is 1. The van der Waals surface area contributed by atoms with Crippen molar-refractivity contribution in [3.8, 4) is 0 Å². The third-order valence-electron chi connectivity index (χ3n) is 2.55. The molecule has 0 N–H and O–H groups in total. The second kappa shape index (κ2) is 3.61. The van der Waals surface area contributed by atoms with Gasteiger partial charge in [0.25, 0.3) is 0 Å². The SMILES string of the molecule is CC(C)c1c(Br)cc(C2CC2)nc1F. The molecule has 0 aromatic carbocycles. The molecule has 1 fully saturated rings. The number of nitrogens with zero attached hydrogens (tertiary/aromatic N) is 1. The standard InChI is InChI=1S/C11H13BrFN/c1-6(2)10-8(12)5-9(7-3-4-7)14-11(10)13/h5-7H,3-4H2,1-2H3. The summed E-state index contributed by atoms with van der Waals surface area (Å²) < 4.78 is 14.5. The van der Waals surface area contributed by atoms with Gasteiger partial charge in [-0.2, -0.15) is 4.39 Å². The predicted molar refractivity (Wildman–Crippen MR) is 58.0 cm³/mol. The van der Waals surface area contributed by atoms with E-state index in [4.69, 9.17) is 0 Å². The second-order valence-corrected chi connectivity index (χ2v) is 5.02. The van der Waals surface area contributed by atoms with Crippen molar-refractivity contribution in [1.82, 2.24) is 4.98 Å². The van der Waals surface area contributed by atoms with Crippen LogP contribution < -0.4 is 0 Å². The third-order valence-corrected chi connectivity index (χ3v) is 3.21. The lowest BCUT2D eigenvalue weighted by Crippen LogP contribution is -2.01. The van der Waals surface area contributed by atoms with Crippen LogP contribution in [0.25, 0.3) is 0 Å². The molecular formula is C11H13BrFN. The average Bonchev–Trinajstić information content (AvgIpc) is 2.83. The summed E-state index contributed by atoms with van der Waals surface area (Å²) in [6, 6.07) is 1.97. The minimum absolute atomic E-state index is 0.171. The van der Waals surface area contributed by atoms with Crippen LogP contribution in [0.2, 0.25) is 0 Å². The first-order valence-corrected chi connectivity index (χ1v) is 5.74. The Morgan fingerprint density at radius 2 is 2.14 bits per heavy atom. The molecule has 1 aromatic rings. The zero-order valence-corrected chi connectivity index (χ0v) is 9.94. The monoisotopic (exact) mass is 257 g/mol. The third kappa shape index (κ3) is 1.83. The Labute approximate surface area is 91.9 Å². The maximum atomic E-state index is 13.6. The maximum absolute atomic E-state index is 13.6. The minimum atomic E-state index is -0.309. The Balaban J connectivity index is 2.43. The van der Waals surface area contributed by atoms with Gasteiger partial charge in [0.15, 0.2) is 0 Å². The number of rotatable bonds is 2. The van der Waals surface area contributed by atoms with Gasteiger partial charge in [0.05, 0.1) is 0 Å². The summed E-state index contributed by atoms with van der Waals surface area (Å²) in [5.41, 5.74) is 1.59. The minimum Gasteiger partial charge on any atom is -0.224 e. The average molecular weight is 258 g/mol. The van der Waals surface area contributed by atoms with Gasteiger partial charge in [-0.3, -0.25) is 0 Å². The summed E-state index contributed by atoms with van der Waals surface area (Å²) in [5, 5.41) is 0. The first-order chi connectivity index (χ1) is 6.59. The number of hydrogen-bond acceptors (Lipinski definition) is 1. The van der Waals surface area contributed by atoms with Gasteiger partial charge in [0, 0.05) is 21.6 Å². The molecule has 0 amide bonds. The molecule has 3 heteroatoms. The van der Waals surface area contributed by atoms with Crippen molar-refractivity contribution >= 4 is 15.9 Å². The molecule has 14 heavy (non-hydrogen) atoms. The topological polar surface area (TPSA) is 12.9 Å². The van der Waals surface area contributed by atoms with Gasteiger partial charge < -0.3 is 0 Å². The Morgan fingerprint density at radius 1 is 1.50 bits per heavy atom. The van der Waals surface area contributed by atoms with Crippen molar-refractivity contribution in [2.24, 2.45) is 0 Å². The van der Waals surface area contributed by atoms with E-state index in [-0.39, 0.29) is 11.9 Å². The molecule has 1 nitrogen and oxygen atoms in total. The van der Waals surface area contributed by atoms with E-state index in [9.17, 15) is 4.39 Å². The van der Waals surface area contributed by atoms with Gasteiger partial charge in [-0.15, -0.1) is 0 Å². The molecule has 1 aromatic heterocycles. The van der Waals surface area contributed by atoms with E-state index in [1.54, 1.807) is 0 Å². The van der Waals surface area contributed by atoms with E-state index in [1.165, 1.54) is 0 Å². The molecule has 0 unspecified atom stereocenters. The summed E-state index contributed by atoms with van der Waals surface area (Å²) in [4.78, 5) is 4.02. The summed E-state index contributed by atoms with van der Waals surface area (Å²) in [6.45, 7) is 3.95. The molecule has 0 radical (unpaired) electrons.